The number of methoxy groups -OCH3 is 1. The lowest BCUT2D eigenvalue weighted by atomic mass is 9.90. The van der Waals surface area contributed by atoms with Crippen LogP contribution in [0.2, 0.25) is 0 Å². The van der Waals surface area contributed by atoms with Crippen molar-refractivity contribution in [1.82, 2.24) is 4.57 Å². The summed E-state index contributed by atoms with van der Waals surface area (Å²) in [6.07, 6.45) is 1.87. The molecule has 6 rings (SSSR count). The third kappa shape index (κ3) is 4.58. The Morgan fingerprint density at radius 1 is 0.929 bits per heavy atom. The van der Waals surface area contributed by atoms with Crippen molar-refractivity contribution in [2.24, 2.45) is 4.99 Å². The zero-order chi connectivity index (χ0) is 29.4. The Bertz CT molecular complexity index is 2070. The number of carbonyl (C=O) groups excluding carboxylic acids is 1. The van der Waals surface area contributed by atoms with Gasteiger partial charge in [-0.25, -0.2) is 9.79 Å². The van der Waals surface area contributed by atoms with Crippen LogP contribution in [0, 0.1) is 0 Å². The van der Waals surface area contributed by atoms with E-state index in [4.69, 9.17) is 19.2 Å². The molecule has 8 heteroatoms. The number of thiazole rings is 1. The smallest absolute Gasteiger partial charge is 0.338 e. The molecule has 0 radical (unpaired) electrons. The first-order valence-corrected chi connectivity index (χ1v) is 14.7. The zero-order valence-electron chi connectivity index (χ0n) is 23.8. The maximum absolute atomic E-state index is 14.4. The van der Waals surface area contributed by atoms with Crippen molar-refractivity contribution in [2.45, 2.75) is 26.8 Å². The van der Waals surface area contributed by atoms with E-state index in [1.165, 1.54) is 11.3 Å². The van der Waals surface area contributed by atoms with Crippen molar-refractivity contribution in [1.29, 1.82) is 0 Å². The second-order valence-electron chi connectivity index (χ2n) is 9.84. The van der Waals surface area contributed by atoms with Crippen molar-refractivity contribution in [3.05, 3.63) is 115 Å². The van der Waals surface area contributed by atoms with Crippen molar-refractivity contribution < 1.29 is 19.0 Å². The minimum absolute atomic E-state index is 0.195. The third-order valence-corrected chi connectivity index (χ3v) is 8.43. The van der Waals surface area contributed by atoms with E-state index in [9.17, 15) is 9.59 Å². The molecule has 4 aromatic carbocycles. The fourth-order valence-electron chi connectivity index (χ4n) is 5.64. The molecule has 5 aromatic rings. The van der Waals surface area contributed by atoms with Crippen LogP contribution in [0.3, 0.4) is 0 Å². The van der Waals surface area contributed by atoms with Gasteiger partial charge >= 0.3 is 5.97 Å². The Labute approximate surface area is 246 Å². The number of ether oxygens (including phenoxy) is 3. The molecule has 1 aliphatic rings. The van der Waals surface area contributed by atoms with Gasteiger partial charge in [0.15, 0.2) is 4.80 Å². The fraction of sp³-hybridized carbons (Fsp3) is 0.206. The molecular weight excluding hydrogens is 548 g/mol. The van der Waals surface area contributed by atoms with Crippen LogP contribution in [-0.2, 0) is 9.53 Å². The van der Waals surface area contributed by atoms with Gasteiger partial charge in [-0.2, -0.15) is 0 Å². The van der Waals surface area contributed by atoms with Crippen LogP contribution in [-0.4, -0.2) is 30.9 Å². The van der Waals surface area contributed by atoms with Crippen LogP contribution < -0.4 is 24.4 Å². The van der Waals surface area contributed by atoms with Crippen molar-refractivity contribution in [2.75, 3.05) is 20.3 Å². The normalized spacial score (nSPS) is 15.0. The summed E-state index contributed by atoms with van der Waals surface area (Å²) in [6, 6.07) is 22.9. The highest BCUT2D eigenvalue weighted by Crippen LogP contribution is 2.40. The summed E-state index contributed by atoms with van der Waals surface area (Å²) in [5.41, 5.74) is 2.08. The van der Waals surface area contributed by atoms with Gasteiger partial charge < -0.3 is 14.2 Å². The molecule has 0 unspecified atom stereocenters. The average molecular weight is 579 g/mol. The van der Waals surface area contributed by atoms with E-state index in [-0.39, 0.29) is 12.2 Å². The van der Waals surface area contributed by atoms with E-state index in [2.05, 4.69) is 0 Å². The van der Waals surface area contributed by atoms with Gasteiger partial charge in [0.1, 0.15) is 17.5 Å². The summed E-state index contributed by atoms with van der Waals surface area (Å²) in [5.74, 6) is 0.746. The number of benzene rings is 4. The van der Waals surface area contributed by atoms with E-state index in [1.807, 2.05) is 85.8 Å². The number of rotatable bonds is 7. The quantitative estimate of drug-likeness (QED) is 0.238. The van der Waals surface area contributed by atoms with Crippen molar-refractivity contribution in [3.8, 4) is 11.5 Å². The van der Waals surface area contributed by atoms with E-state index in [0.29, 0.717) is 44.3 Å². The topological polar surface area (TPSA) is 79.1 Å². The second-order valence-corrected chi connectivity index (χ2v) is 10.8. The highest BCUT2D eigenvalue weighted by molar-refractivity contribution is 7.07. The predicted molar refractivity (Wildman–Crippen MR) is 166 cm³/mol. The summed E-state index contributed by atoms with van der Waals surface area (Å²) < 4.78 is 19.4. The Balaban J connectivity index is 1.68. The van der Waals surface area contributed by atoms with Crippen LogP contribution in [0.5, 0.6) is 11.5 Å². The van der Waals surface area contributed by atoms with E-state index >= 15 is 0 Å². The number of allylic oxidation sites excluding steroid dienone is 1. The molecule has 0 bridgehead atoms. The van der Waals surface area contributed by atoms with Gasteiger partial charge in [-0.1, -0.05) is 72.0 Å². The first-order chi connectivity index (χ1) is 20.5. The summed E-state index contributed by atoms with van der Waals surface area (Å²) >= 11 is 1.29. The molecule has 1 atom stereocenters. The highest BCUT2D eigenvalue weighted by Gasteiger charge is 2.36. The van der Waals surface area contributed by atoms with E-state index in [0.717, 1.165) is 27.1 Å². The van der Waals surface area contributed by atoms with Gasteiger partial charge in [0.25, 0.3) is 5.56 Å². The highest BCUT2D eigenvalue weighted by atomic mass is 32.1. The van der Waals surface area contributed by atoms with Crippen LogP contribution in [0.15, 0.2) is 93.9 Å². The molecule has 0 saturated heterocycles. The minimum atomic E-state index is -0.803. The Morgan fingerprint density at radius 3 is 2.29 bits per heavy atom. The van der Waals surface area contributed by atoms with Crippen LogP contribution >= 0.6 is 11.3 Å². The van der Waals surface area contributed by atoms with Gasteiger partial charge in [-0.3, -0.25) is 9.36 Å². The molecule has 212 valence electrons. The molecule has 2 heterocycles. The van der Waals surface area contributed by atoms with Crippen LogP contribution in [0.4, 0.5) is 0 Å². The number of carbonyl (C=O) groups is 1. The molecule has 0 fully saturated rings. The number of hydrogen-bond donors (Lipinski definition) is 0. The molecule has 0 amide bonds. The first-order valence-electron chi connectivity index (χ1n) is 13.9. The first kappa shape index (κ1) is 27.5. The average Bonchev–Trinajstić information content (AvgIpc) is 3.31. The van der Waals surface area contributed by atoms with Crippen LogP contribution in [0.25, 0.3) is 27.6 Å². The van der Waals surface area contributed by atoms with Gasteiger partial charge in [-0.15, -0.1) is 0 Å². The lowest BCUT2D eigenvalue weighted by Crippen LogP contribution is -2.40. The summed E-state index contributed by atoms with van der Waals surface area (Å²) in [5, 5.41) is 3.86. The van der Waals surface area contributed by atoms with Gasteiger partial charge in [0.05, 0.1) is 36.1 Å². The number of fused-ring (bicyclic) bond motifs is 3. The Kier molecular flexibility index (Phi) is 7.39. The number of aromatic nitrogens is 1. The molecule has 1 aromatic heterocycles. The lowest BCUT2D eigenvalue weighted by Gasteiger charge is -2.27. The summed E-state index contributed by atoms with van der Waals surface area (Å²) in [7, 11) is 1.59. The minimum Gasteiger partial charge on any atom is -0.496 e. The SMILES string of the molecule is CCOC(=O)C1=C(C)N=c2s/c(=C\c3c(OCC)ccc4ccccc34)c(=O)n2[C@H]1c1c(OC)ccc2ccccc12. The van der Waals surface area contributed by atoms with Crippen LogP contribution in [0.1, 0.15) is 37.9 Å². The largest absolute Gasteiger partial charge is 0.496 e. The Morgan fingerprint density at radius 2 is 1.60 bits per heavy atom. The standard InChI is InChI=1S/C34H30N2O5S/c1-5-40-26-17-15-21-11-7-9-13-23(21)25(26)19-28-32(37)36-31(29(33(38)41-6-2)20(3)35-34(36)42-28)30-24-14-10-8-12-22(24)16-18-27(30)39-4/h7-19,31H,5-6H2,1-4H3/b28-19-/t31-/m1/s1. The molecule has 0 N–H and O–H groups in total. The molecular formula is C34H30N2O5S. The molecule has 0 saturated carbocycles. The van der Waals surface area contributed by atoms with Gasteiger partial charge in [0, 0.05) is 11.1 Å². The maximum atomic E-state index is 14.4. The summed E-state index contributed by atoms with van der Waals surface area (Å²) in [4.78, 5) is 33.1. The molecule has 0 aliphatic carbocycles. The Hall–Kier alpha value is -4.69. The third-order valence-electron chi connectivity index (χ3n) is 7.45. The molecule has 42 heavy (non-hydrogen) atoms. The second kappa shape index (κ2) is 11.3. The number of esters is 1. The molecule has 0 spiro atoms. The molecule has 1 aliphatic heterocycles. The van der Waals surface area contributed by atoms with Crippen molar-refractivity contribution >= 4 is 44.9 Å². The predicted octanol–water partition coefficient (Wildman–Crippen LogP) is 5.51. The zero-order valence-corrected chi connectivity index (χ0v) is 24.7. The lowest BCUT2D eigenvalue weighted by molar-refractivity contribution is -0.139. The van der Waals surface area contributed by atoms with Gasteiger partial charge in [0.2, 0.25) is 0 Å². The monoisotopic (exact) mass is 578 g/mol. The fourth-order valence-corrected chi connectivity index (χ4v) is 6.67. The van der Waals surface area contributed by atoms with Crippen molar-refractivity contribution in [3.63, 3.8) is 0 Å². The summed E-state index contributed by atoms with van der Waals surface area (Å²) in [6.45, 7) is 6.16. The molecule has 7 nitrogen and oxygen atoms in total. The number of nitrogens with zero attached hydrogens (tertiary/aromatic N) is 2. The van der Waals surface area contributed by atoms with E-state index in [1.54, 1.807) is 25.5 Å². The van der Waals surface area contributed by atoms with Gasteiger partial charge in [-0.05, 0) is 60.5 Å². The maximum Gasteiger partial charge on any atom is 0.338 e. The number of hydrogen-bond acceptors (Lipinski definition) is 7. The van der Waals surface area contributed by atoms with E-state index < -0.39 is 12.0 Å².